The summed E-state index contributed by atoms with van der Waals surface area (Å²) in [4.78, 5) is 42.4. The standard InChI is InChI=1S/C24H27BrN4O5/c1-16(34-19-11-9-18(25)10-12-19)23(31)28(13-6-14-33-2)20-21(26)29(24(32)27-22(20)30)15-17-7-4-3-5-8-17/h3-5,7-12,16H,6,13-15,26H2,1-2H3,(H,27,30,32)/t16-/m0/s1. The number of hydrogen-bond donors (Lipinski definition) is 2. The van der Waals surface area contributed by atoms with Crippen molar-refractivity contribution in [3.05, 3.63) is 85.5 Å². The van der Waals surface area contributed by atoms with E-state index in [1.54, 1.807) is 38.3 Å². The second-order valence-electron chi connectivity index (χ2n) is 7.62. The van der Waals surface area contributed by atoms with Gasteiger partial charge in [-0.05, 0) is 43.2 Å². The lowest BCUT2D eigenvalue weighted by molar-refractivity contribution is -0.124. The molecular weight excluding hydrogens is 504 g/mol. The quantitative estimate of drug-likeness (QED) is 0.389. The van der Waals surface area contributed by atoms with Crippen LogP contribution in [-0.2, 0) is 16.1 Å². The Hall–Kier alpha value is -3.37. The average Bonchev–Trinajstić information content (AvgIpc) is 2.82. The highest BCUT2D eigenvalue weighted by Crippen LogP contribution is 2.22. The SMILES string of the molecule is COCCCN(C(=O)[C@H](C)Oc1ccc(Br)cc1)c1c(N)n(Cc2ccccc2)c(=O)[nH]c1=O. The van der Waals surface area contributed by atoms with E-state index in [1.807, 2.05) is 30.3 Å². The van der Waals surface area contributed by atoms with E-state index in [0.29, 0.717) is 18.8 Å². The van der Waals surface area contributed by atoms with Gasteiger partial charge in [0.2, 0.25) is 0 Å². The molecule has 0 bridgehead atoms. The molecule has 34 heavy (non-hydrogen) atoms. The number of aromatic nitrogens is 2. The number of nitrogens with zero attached hydrogens (tertiary/aromatic N) is 2. The van der Waals surface area contributed by atoms with Gasteiger partial charge in [0.1, 0.15) is 11.6 Å². The number of halogens is 1. The molecule has 0 unspecified atom stereocenters. The minimum atomic E-state index is -0.919. The number of rotatable bonds is 10. The summed E-state index contributed by atoms with van der Waals surface area (Å²) in [5, 5.41) is 0. The van der Waals surface area contributed by atoms with Crippen molar-refractivity contribution in [3.63, 3.8) is 0 Å². The number of carbonyl (C=O) groups is 1. The Morgan fingerprint density at radius 2 is 1.82 bits per heavy atom. The fourth-order valence-corrected chi connectivity index (χ4v) is 3.71. The summed E-state index contributed by atoms with van der Waals surface area (Å²) in [6.45, 7) is 2.25. The Morgan fingerprint density at radius 1 is 1.15 bits per heavy atom. The highest BCUT2D eigenvalue weighted by molar-refractivity contribution is 9.10. The van der Waals surface area contributed by atoms with Crippen LogP contribution < -0.4 is 26.6 Å². The molecule has 1 amide bonds. The number of benzene rings is 2. The summed E-state index contributed by atoms with van der Waals surface area (Å²) in [5.41, 5.74) is 5.64. The van der Waals surface area contributed by atoms with E-state index < -0.39 is 23.3 Å². The smallest absolute Gasteiger partial charge is 0.330 e. The Kier molecular flexibility index (Phi) is 8.67. The zero-order valence-electron chi connectivity index (χ0n) is 19.0. The molecule has 1 aromatic heterocycles. The maximum absolute atomic E-state index is 13.4. The molecule has 0 fully saturated rings. The third kappa shape index (κ3) is 6.15. The molecule has 1 heterocycles. The van der Waals surface area contributed by atoms with Gasteiger partial charge in [0, 0.05) is 24.7 Å². The maximum atomic E-state index is 13.4. The van der Waals surface area contributed by atoms with E-state index >= 15 is 0 Å². The normalized spacial score (nSPS) is 11.7. The number of aromatic amines is 1. The Morgan fingerprint density at radius 3 is 2.47 bits per heavy atom. The first-order valence-electron chi connectivity index (χ1n) is 10.7. The van der Waals surface area contributed by atoms with Crippen LogP contribution in [-0.4, -0.2) is 41.8 Å². The van der Waals surface area contributed by atoms with E-state index in [-0.39, 0.29) is 24.6 Å². The van der Waals surface area contributed by atoms with Gasteiger partial charge in [-0.3, -0.25) is 19.1 Å². The van der Waals surface area contributed by atoms with Gasteiger partial charge < -0.3 is 20.1 Å². The molecule has 0 saturated carbocycles. The van der Waals surface area contributed by atoms with Crippen molar-refractivity contribution in [1.29, 1.82) is 0 Å². The molecule has 9 nitrogen and oxygen atoms in total. The maximum Gasteiger partial charge on any atom is 0.330 e. The Balaban J connectivity index is 1.97. The fourth-order valence-electron chi connectivity index (χ4n) is 3.45. The third-order valence-corrected chi connectivity index (χ3v) is 5.67. The molecule has 0 spiro atoms. The minimum absolute atomic E-state index is 0.0945. The topological polar surface area (TPSA) is 120 Å². The first-order valence-corrected chi connectivity index (χ1v) is 11.5. The lowest BCUT2D eigenvalue weighted by atomic mass is 10.2. The minimum Gasteiger partial charge on any atom is -0.481 e. The van der Waals surface area contributed by atoms with Gasteiger partial charge in [0.25, 0.3) is 11.5 Å². The van der Waals surface area contributed by atoms with Crippen LogP contribution in [0.5, 0.6) is 5.75 Å². The van der Waals surface area contributed by atoms with Gasteiger partial charge in [0.15, 0.2) is 11.8 Å². The number of carbonyl (C=O) groups excluding carboxylic acids is 1. The molecule has 2 aromatic carbocycles. The molecule has 0 aliphatic heterocycles. The highest BCUT2D eigenvalue weighted by atomic mass is 79.9. The van der Waals surface area contributed by atoms with Crippen LogP contribution in [0.15, 0.2) is 68.7 Å². The Labute approximate surface area is 205 Å². The van der Waals surface area contributed by atoms with Gasteiger partial charge in [0.05, 0.1) is 6.54 Å². The van der Waals surface area contributed by atoms with Crippen molar-refractivity contribution < 1.29 is 14.3 Å². The second kappa shape index (κ2) is 11.7. The highest BCUT2D eigenvalue weighted by Gasteiger charge is 2.28. The number of anilines is 2. The molecule has 3 N–H and O–H groups in total. The van der Waals surface area contributed by atoms with Crippen molar-refractivity contribution in [1.82, 2.24) is 9.55 Å². The van der Waals surface area contributed by atoms with Gasteiger partial charge in [-0.25, -0.2) is 4.79 Å². The van der Waals surface area contributed by atoms with Crippen LogP contribution in [0.4, 0.5) is 11.5 Å². The van der Waals surface area contributed by atoms with Gasteiger partial charge >= 0.3 is 5.69 Å². The number of nitrogens with one attached hydrogen (secondary N) is 1. The molecule has 0 aliphatic carbocycles. The monoisotopic (exact) mass is 530 g/mol. The number of hydrogen-bond acceptors (Lipinski definition) is 6. The van der Waals surface area contributed by atoms with E-state index in [9.17, 15) is 14.4 Å². The van der Waals surface area contributed by atoms with E-state index in [0.717, 1.165) is 10.0 Å². The largest absolute Gasteiger partial charge is 0.481 e. The van der Waals surface area contributed by atoms with Gasteiger partial charge in [-0.2, -0.15) is 0 Å². The molecule has 10 heteroatoms. The van der Waals surface area contributed by atoms with Crippen molar-refractivity contribution in [3.8, 4) is 5.75 Å². The molecular formula is C24H27BrN4O5. The second-order valence-corrected chi connectivity index (χ2v) is 8.53. The summed E-state index contributed by atoms with van der Waals surface area (Å²) >= 11 is 3.36. The average molecular weight is 531 g/mol. The Bertz CT molecular complexity index is 1220. The molecule has 3 aromatic rings. The predicted octanol–water partition coefficient (Wildman–Crippen LogP) is 2.77. The molecule has 0 aliphatic rings. The van der Waals surface area contributed by atoms with E-state index in [2.05, 4.69) is 20.9 Å². The lowest BCUT2D eigenvalue weighted by Gasteiger charge is -2.27. The molecule has 0 saturated heterocycles. The number of nitrogens with two attached hydrogens (primary N) is 1. The number of methoxy groups -OCH3 is 1. The molecule has 1 atom stereocenters. The van der Waals surface area contributed by atoms with E-state index in [1.165, 1.54) is 9.47 Å². The van der Waals surface area contributed by atoms with Crippen molar-refractivity contribution >= 4 is 33.3 Å². The van der Waals surface area contributed by atoms with Crippen LogP contribution >= 0.6 is 15.9 Å². The first-order chi connectivity index (χ1) is 16.3. The number of ether oxygens (including phenoxy) is 2. The zero-order chi connectivity index (χ0) is 24.7. The summed E-state index contributed by atoms with van der Waals surface area (Å²) in [5.74, 6) is -0.0721. The van der Waals surface area contributed by atoms with Gasteiger partial charge in [-0.15, -0.1) is 0 Å². The first kappa shape index (κ1) is 25.3. The van der Waals surface area contributed by atoms with Gasteiger partial charge in [-0.1, -0.05) is 46.3 Å². The number of nitrogen functional groups attached to an aromatic ring is 1. The summed E-state index contributed by atoms with van der Waals surface area (Å²) < 4.78 is 13.0. The molecule has 3 rings (SSSR count). The molecule has 0 radical (unpaired) electrons. The zero-order valence-corrected chi connectivity index (χ0v) is 20.6. The lowest BCUT2D eigenvalue weighted by Crippen LogP contribution is -2.46. The van der Waals surface area contributed by atoms with Crippen molar-refractivity contribution in [2.24, 2.45) is 0 Å². The molecule has 180 valence electrons. The van der Waals surface area contributed by atoms with Crippen LogP contribution in [0.2, 0.25) is 0 Å². The summed E-state index contributed by atoms with van der Waals surface area (Å²) in [6.07, 6.45) is -0.471. The van der Waals surface area contributed by atoms with E-state index in [4.69, 9.17) is 15.2 Å². The van der Waals surface area contributed by atoms with Crippen LogP contribution in [0, 0.1) is 0 Å². The number of H-pyrrole nitrogens is 1. The van der Waals surface area contributed by atoms with Crippen LogP contribution in [0.25, 0.3) is 0 Å². The number of amides is 1. The summed E-state index contributed by atoms with van der Waals surface area (Å²) in [7, 11) is 1.55. The summed E-state index contributed by atoms with van der Waals surface area (Å²) in [6, 6.07) is 16.3. The van der Waals surface area contributed by atoms with Crippen molar-refractivity contribution in [2.75, 3.05) is 30.9 Å². The van der Waals surface area contributed by atoms with Crippen molar-refractivity contribution in [2.45, 2.75) is 26.0 Å². The van der Waals surface area contributed by atoms with Crippen LogP contribution in [0.3, 0.4) is 0 Å². The fraction of sp³-hybridized carbons (Fsp3) is 0.292. The third-order valence-electron chi connectivity index (χ3n) is 5.14. The predicted molar refractivity (Wildman–Crippen MR) is 134 cm³/mol. The van der Waals surface area contributed by atoms with Crippen LogP contribution in [0.1, 0.15) is 18.9 Å².